The van der Waals surface area contributed by atoms with Crippen LogP contribution in [0.4, 0.5) is 0 Å². The van der Waals surface area contributed by atoms with Gasteiger partial charge in [0.15, 0.2) is 0 Å². The van der Waals surface area contributed by atoms with Gasteiger partial charge in [-0.05, 0) is 587 Å². The van der Waals surface area contributed by atoms with Crippen molar-refractivity contribution in [2.24, 2.45) is 232 Å². The number of fused-ring (bicyclic) bond motifs is 25. The molecule has 0 radical (unpaired) electrons. The van der Waals surface area contributed by atoms with Crippen LogP contribution in [0.15, 0.2) is 0 Å². The number of Topliss-reactive ketones (excluding diaryl/α,β-unsaturated/α-hetero) is 5. The van der Waals surface area contributed by atoms with Gasteiger partial charge in [-0.1, -0.05) is 104 Å². The Morgan fingerprint density at radius 3 is 0.800 bits per heavy atom. The molecule has 0 bridgehead atoms. The predicted molar refractivity (Wildman–Crippen MR) is 552 cm³/mol. The Bertz CT molecular complexity index is 4990. The SMILES string of the molecule is [2H]C([2H])(C[C@@H](C)[C@H]1CC[C@H]2[C@@H]3CC[C@@H]4C([2H])([2H])[C@@H](O)C([2H])([2H])C[C@]4(C)[C@H]3CC[C@]12C)C(C)=O.[2H]C([2H])(C[C@@H](C)[C@H]1CC[C@H]2[C@@H]3CC[C@@H]4C([2H])([2H])[C@@]([2H])(O)C([2H])([2H])C[C@]4(C)[C@H]3CC[C@]12C)C(C)=O.[2H]C([2H])(C[C@@H](C)[C@H]1CC[C@H]2[C@@H]3CC[C@@H]4C[C@@H](O)CC[C@]4(C)[C@H]3CC[C@]12C)C(C)=O.[2H]C([2H])(C[C@@H](C)[C@H]1CC[C@H]2[C@@H]3CC[C@@H]4C[C@@]([2H])(O)CC[C@]4(C)[C@H]3CC[C@]12C)C(C)=O.[2H][C@]1(O)CC[C@@]2(C)[C@@H](CC[C@@H]3[C@@H]2CC[C@]2(C)[C@@H]([C@H](C)CCC(C)=O)CC[C@@H]32)C1. The fourth-order valence-electron chi connectivity index (χ4n) is 41.6. The topological polar surface area (TPSA) is 186 Å². The number of aliphatic hydroxyl groups excluding tert-OH is 2. The zero-order valence-corrected chi connectivity index (χ0v) is 89.0. The summed E-state index contributed by atoms with van der Waals surface area (Å²) in [6.45, 7) is 42.1. The summed E-state index contributed by atoms with van der Waals surface area (Å²) in [5, 5.41) is 52.1. The van der Waals surface area contributed by atoms with Crippen molar-refractivity contribution in [2.45, 2.75) is 522 Å². The average molecular weight is 1890 g/mol. The third-order valence-electron chi connectivity index (χ3n) is 48.8. The maximum atomic E-state index is 11.8. The Hall–Kier alpha value is -1.85. The number of aliphatic hydroxyl groups is 5. The largest absolute Gasteiger partial charge is 0.393 e. The summed E-state index contributed by atoms with van der Waals surface area (Å²) in [5.41, 5.74) is 1.12. The summed E-state index contributed by atoms with van der Waals surface area (Å²) >= 11 is 0. The monoisotopic (exact) mass is 1890 g/mol. The van der Waals surface area contributed by atoms with Gasteiger partial charge in [0.1, 0.15) is 28.9 Å². The molecule has 770 valence electrons. The molecule has 20 saturated carbocycles. The smallest absolute Gasteiger partial charge is 0.129 e. The molecule has 0 aliphatic heterocycles. The number of rotatable bonds is 20. The Morgan fingerprint density at radius 2 is 0.504 bits per heavy atom. The first kappa shape index (κ1) is 83.2. The second-order valence-electron chi connectivity index (χ2n) is 54.8. The van der Waals surface area contributed by atoms with Crippen molar-refractivity contribution >= 4 is 28.9 Å². The van der Waals surface area contributed by atoms with E-state index in [9.17, 15) is 49.5 Å². The molecule has 0 amide bonds. The number of carbonyl (C=O) groups is 5. The molecule has 0 aromatic heterocycles. The molecule has 0 aromatic carbocycles. The van der Waals surface area contributed by atoms with Crippen LogP contribution < -0.4 is 0 Å². The molecule has 20 aliphatic rings. The van der Waals surface area contributed by atoms with E-state index in [2.05, 4.69) is 96.9 Å². The van der Waals surface area contributed by atoms with Crippen LogP contribution in [0.5, 0.6) is 0 Å². The molecule has 0 saturated heterocycles. The van der Waals surface area contributed by atoms with E-state index in [1.54, 1.807) is 6.92 Å². The highest BCUT2D eigenvalue weighted by Crippen LogP contribution is 2.76. The maximum absolute atomic E-state index is 11.8. The molecule has 20 aliphatic carbocycles. The van der Waals surface area contributed by atoms with Crippen LogP contribution in [0, 0.1) is 232 Å². The van der Waals surface area contributed by atoms with E-state index in [0.717, 1.165) is 156 Å². The fourth-order valence-corrected chi connectivity index (χ4v) is 41.6. The number of hydrogen-bond donors (Lipinski definition) is 5. The summed E-state index contributed by atoms with van der Waals surface area (Å²) in [6, 6.07) is 0. The molecule has 0 aromatic rings. The zero-order chi connectivity index (χ0) is 114. The first-order valence-corrected chi connectivity index (χ1v) is 57.2. The first-order chi connectivity index (χ1) is 70.7. The van der Waals surface area contributed by atoms with Crippen LogP contribution >= 0.6 is 0 Å². The summed E-state index contributed by atoms with van der Waals surface area (Å²) in [7, 11) is 0. The van der Waals surface area contributed by atoms with Crippen molar-refractivity contribution < 1.29 is 75.5 Å². The molecule has 0 unspecified atom stereocenters. The standard InChI is InChI=1S/5C25H42O2/c5*1-16(5-6-17(2)26)21-9-10-22-20-8-7-18-15-19(27)11-13-24(18,3)23(20)12-14-25(21,22)4/h5*16,18-23,27H,5-15H2,1-4H3/t16-,18+,19+,20+,21-,22+,23+,24+,25-;4*16-,18-,19+,20+,21-,22+,23+,24+,25-/m11111/s1/i19D;6D2,11D2,15D2,19D;6D2,11D2,15D2;6D2,19D;6D2. The first-order valence-electron chi connectivity index (χ1n) is 66.7. The lowest BCUT2D eigenvalue weighted by molar-refractivity contribution is -0.129. The van der Waals surface area contributed by atoms with Gasteiger partial charge in [-0.25, -0.2) is 0 Å². The highest BCUT2D eigenvalue weighted by atomic mass is 16.3. The number of carbonyl (C=O) groups excluding carboxylic acids is 5. The molecular weight excluding hydrogens is 1660 g/mol. The van der Waals surface area contributed by atoms with Gasteiger partial charge in [0.05, 0.1) is 34.6 Å². The normalized spacial score (nSPS) is 56.0. The van der Waals surface area contributed by atoms with Crippen molar-refractivity contribution in [3.63, 3.8) is 0 Å². The lowest BCUT2D eigenvalue weighted by atomic mass is 9.44. The van der Waals surface area contributed by atoms with Crippen LogP contribution in [0.1, 0.15) is 517 Å². The van der Waals surface area contributed by atoms with Gasteiger partial charge in [0, 0.05) is 53.8 Å². The van der Waals surface area contributed by atoms with E-state index in [-0.39, 0.29) is 106 Å². The lowest BCUT2D eigenvalue weighted by Crippen LogP contribution is -2.54. The molecule has 20 fully saturated rings. The summed E-state index contributed by atoms with van der Waals surface area (Å²) in [4.78, 5) is 58.7. The molecule has 10 nitrogen and oxygen atoms in total. The third kappa shape index (κ3) is 20.2. The van der Waals surface area contributed by atoms with E-state index >= 15 is 0 Å². The molecule has 0 heterocycles. The van der Waals surface area contributed by atoms with E-state index < -0.39 is 104 Å². The average Bonchev–Trinajstić information content (AvgIpc) is 1.09. The van der Waals surface area contributed by atoms with Crippen LogP contribution in [-0.4, -0.2) is 84.9 Å². The van der Waals surface area contributed by atoms with Crippen molar-refractivity contribution in [3.8, 4) is 0 Å². The fraction of sp³-hybridized carbons (Fsp3) is 0.960. The van der Waals surface area contributed by atoms with Gasteiger partial charge in [-0.2, -0.15) is 0 Å². The Balaban J connectivity index is 0.000000137. The summed E-state index contributed by atoms with van der Waals surface area (Å²) in [6.07, 6.45) is 22.7. The molecule has 45 atom stereocenters. The minimum Gasteiger partial charge on any atom is -0.393 e. The van der Waals surface area contributed by atoms with Crippen LogP contribution in [0.3, 0.4) is 0 Å². The number of ketones is 5. The molecule has 5 N–H and O–H groups in total. The van der Waals surface area contributed by atoms with Gasteiger partial charge in [0.25, 0.3) is 0 Å². The van der Waals surface area contributed by atoms with Gasteiger partial charge >= 0.3 is 0 Å². The Morgan fingerprint density at radius 1 is 0.259 bits per heavy atom. The minimum atomic E-state index is -2.76. The van der Waals surface area contributed by atoms with Gasteiger partial charge < -0.3 is 49.5 Å². The van der Waals surface area contributed by atoms with E-state index in [1.165, 1.54) is 143 Å². The highest BCUT2D eigenvalue weighted by molar-refractivity contribution is 5.76. The second kappa shape index (κ2) is 41.8. The van der Waals surface area contributed by atoms with Crippen LogP contribution in [0.25, 0.3) is 0 Å². The number of hydrogen-bond acceptors (Lipinski definition) is 10. The van der Waals surface area contributed by atoms with Crippen molar-refractivity contribution in [3.05, 3.63) is 0 Å². The van der Waals surface area contributed by atoms with Crippen molar-refractivity contribution in [2.75, 3.05) is 0 Å². The molecule has 10 heteroatoms. The lowest BCUT2D eigenvalue weighted by Gasteiger charge is -2.61. The van der Waals surface area contributed by atoms with Gasteiger partial charge in [-0.15, -0.1) is 0 Å². The third-order valence-corrected chi connectivity index (χ3v) is 48.8. The molecule has 20 rings (SSSR count). The zero-order valence-electron chi connectivity index (χ0n) is 108. The van der Waals surface area contributed by atoms with Crippen LogP contribution in [-0.2, 0) is 24.0 Å². The quantitative estimate of drug-likeness (QED) is 0.0785. The van der Waals surface area contributed by atoms with Gasteiger partial charge in [-0.3, -0.25) is 0 Å². The van der Waals surface area contributed by atoms with E-state index in [1.807, 2.05) is 6.92 Å². The van der Waals surface area contributed by atoms with Crippen LogP contribution in [0.2, 0.25) is 0 Å². The predicted octanol–water partition coefficient (Wildman–Crippen LogP) is 30.1. The molecule has 135 heavy (non-hydrogen) atoms. The summed E-state index contributed by atoms with van der Waals surface area (Å²) in [5.74, 6) is 12.8. The summed E-state index contributed by atoms with van der Waals surface area (Å²) < 4.78 is 158. The second-order valence-corrected chi connectivity index (χ2v) is 54.8. The van der Waals surface area contributed by atoms with E-state index in [4.69, 9.17) is 26.0 Å². The highest BCUT2D eigenvalue weighted by Gasteiger charge is 2.68. The van der Waals surface area contributed by atoms with Gasteiger partial charge in [0.2, 0.25) is 0 Å². The molecule has 0 spiro atoms. The minimum absolute atomic E-state index is 0.00737. The Kier molecular flexibility index (Phi) is 25.8. The Labute approximate surface area is 853 Å². The van der Waals surface area contributed by atoms with Crippen molar-refractivity contribution in [1.29, 1.82) is 0 Å². The van der Waals surface area contributed by atoms with E-state index in [0.29, 0.717) is 162 Å². The van der Waals surface area contributed by atoms with Crippen molar-refractivity contribution in [1.82, 2.24) is 0 Å². The maximum Gasteiger partial charge on any atom is 0.129 e. The molecular formula is C125H210O10.